The van der Waals surface area contributed by atoms with Crippen LogP contribution in [0.3, 0.4) is 0 Å². The van der Waals surface area contributed by atoms with E-state index in [0.717, 1.165) is 12.2 Å². The van der Waals surface area contributed by atoms with Gasteiger partial charge in [0.15, 0.2) is 5.96 Å². The van der Waals surface area contributed by atoms with Gasteiger partial charge >= 0.3 is 0 Å². The number of rotatable bonds is 8. The largest absolute Gasteiger partial charge is 0.357 e. The number of nitrogens with one attached hydrogen (secondary N) is 3. The molecule has 1 amide bonds. The maximum Gasteiger partial charge on any atom is 0.246 e. The van der Waals surface area contributed by atoms with Gasteiger partial charge in [-0.25, -0.2) is 4.99 Å². The van der Waals surface area contributed by atoms with E-state index >= 15 is 0 Å². The summed E-state index contributed by atoms with van der Waals surface area (Å²) in [4.78, 5) is 16.4. The highest BCUT2D eigenvalue weighted by molar-refractivity contribution is 14.0. The minimum Gasteiger partial charge on any atom is -0.357 e. The lowest BCUT2D eigenvalue weighted by atomic mass is 10.2. The van der Waals surface area contributed by atoms with Gasteiger partial charge in [-0.3, -0.25) is 4.79 Å². The maximum atomic E-state index is 12.1. The molecule has 28 heavy (non-hydrogen) atoms. The van der Waals surface area contributed by atoms with Crippen LogP contribution in [0.15, 0.2) is 35.6 Å². The second-order valence-corrected chi connectivity index (χ2v) is 5.69. The molecule has 0 fully saturated rings. The molecule has 0 bridgehead atoms. The molecule has 0 saturated carbocycles. The summed E-state index contributed by atoms with van der Waals surface area (Å²) < 4.78 is 1.99. The molecule has 1 heterocycles. The van der Waals surface area contributed by atoms with Crippen LogP contribution in [0.2, 0.25) is 0 Å². The number of aryl methyl sites for hydroxylation is 1. The van der Waals surface area contributed by atoms with E-state index in [1.807, 2.05) is 18.4 Å². The van der Waals surface area contributed by atoms with E-state index in [0.29, 0.717) is 36.8 Å². The zero-order valence-electron chi connectivity index (χ0n) is 16.1. The van der Waals surface area contributed by atoms with Gasteiger partial charge in [0.2, 0.25) is 5.91 Å². The Bertz CT molecular complexity index is 826. The second-order valence-electron chi connectivity index (χ2n) is 5.69. The molecule has 8 nitrogen and oxygen atoms in total. The Morgan fingerprint density at radius 1 is 1.32 bits per heavy atom. The highest BCUT2D eigenvalue weighted by Crippen LogP contribution is 2.09. The summed E-state index contributed by atoms with van der Waals surface area (Å²) in [5.41, 5.74) is 1.37. The molecule has 3 N–H and O–H groups in total. The first-order valence-corrected chi connectivity index (χ1v) is 8.91. The van der Waals surface area contributed by atoms with Crippen LogP contribution in [-0.2, 0) is 17.8 Å². The van der Waals surface area contributed by atoms with Gasteiger partial charge in [0.05, 0.1) is 0 Å². The third-order valence-electron chi connectivity index (χ3n) is 3.70. The molecule has 150 valence electrons. The SMILES string of the molecule is C#Cc1cccc(NC(=O)CN=C(NCC)NCCn2cnnc2CC)c1.I. The lowest BCUT2D eigenvalue weighted by Crippen LogP contribution is -2.39. The Morgan fingerprint density at radius 2 is 2.14 bits per heavy atom. The van der Waals surface area contributed by atoms with Crippen LogP contribution in [0.5, 0.6) is 0 Å². The smallest absolute Gasteiger partial charge is 0.246 e. The number of halogens is 1. The number of hydrogen-bond acceptors (Lipinski definition) is 4. The lowest BCUT2D eigenvalue weighted by Gasteiger charge is -2.12. The minimum atomic E-state index is -0.214. The van der Waals surface area contributed by atoms with E-state index < -0.39 is 0 Å². The number of aliphatic imine (C=N–C) groups is 1. The van der Waals surface area contributed by atoms with E-state index in [9.17, 15) is 4.79 Å². The van der Waals surface area contributed by atoms with Gasteiger partial charge in [-0.05, 0) is 25.1 Å². The third-order valence-corrected chi connectivity index (χ3v) is 3.70. The van der Waals surface area contributed by atoms with Crippen LogP contribution in [-0.4, -0.2) is 46.3 Å². The number of anilines is 1. The number of carbonyl (C=O) groups is 1. The van der Waals surface area contributed by atoms with Crippen molar-refractivity contribution in [2.24, 2.45) is 4.99 Å². The molecule has 0 spiro atoms. The molecule has 0 atom stereocenters. The standard InChI is InChI=1S/C19H25N7O.HI/c1-4-15-8-7-9-16(12-15)24-18(27)13-22-19(20-6-3)21-10-11-26-14-23-25-17(26)5-2;/h1,7-9,12,14H,5-6,10-11,13H2,2-3H3,(H,24,27)(H2,20,21,22);1H. The average molecular weight is 495 g/mol. The molecular formula is C19H26IN7O. The summed E-state index contributed by atoms with van der Waals surface area (Å²) in [6.07, 6.45) is 7.91. The molecule has 2 rings (SSSR count). The number of nitrogens with zero attached hydrogens (tertiary/aromatic N) is 4. The summed E-state index contributed by atoms with van der Waals surface area (Å²) in [6.45, 7) is 6.07. The predicted octanol–water partition coefficient (Wildman–Crippen LogP) is 1.63. The lowest BCUT2D eigenvalue weighted by molar-refractivity contribution is -0.114. The fourth-order valence-electron chi connectivity index (χ4n) is 2.41. The third kappa shape index (κ3) is 7.56. The van der Waals surface area contributed by atoms with Crippen molar-refractivity contribution in [1.82, 2.24) is 25.4 Å². The van der Waals surface area contributed by atoms with Gasteiger partial charge in [-0.2, -0.15) is 0 Å². The van der Waals surface area contributed by atoms with Crippen molar-refractivity contribution >= 4 is 41.5 Å². The molecule has 1 aromatic carbocycles. The molecule has 0 aliphatic heterocycles. The van der Waals surface area contributed by atoms with E-state index in [4.69, 9.17) is 6.42 Å². The monoisotopic (exact) mass is 495 g/mol. The average Bonchev–Trinajstić information content (AvgIpc) is 3.13. The van der Waals surface area contributed by atoms with Crippen molar-refractivity contribution in [3.8, 4) is 12.3 Å². The Kier molecular flexibility index (Phi) is 10.6. The maximum absolute atomic E-state index is 12.1. The van der Waals surface area contributed by atoms with Gasteiger partial charge < -0.3 is 20.5 Å². The van der Waals surface area contributed by atoms with Crippen LogP contribution in [0.1, 0.15) is 25.2 Å². The normalized spacial score (nSPS) is 10.5. The Hall–Kier alpha value is -2.61. The number of terminal acetylenes is 1. The first-order chi connectivity index (χ1) is 13.2. The number of hydrogen-bond donors (Lipinski definition) is 3. The molecule has 0 saturated heterocycles. The zero-order valence-corrected chi connectivity index (χ0v) is 18.4. The van der Waals surface area contributed by atoms with Gasteiger partial charge in [0.1, 0.15) is 18.7 Å². The van der Waals surface area contributed by atoms with E-state index in [1.54, 1.807) is 30.6 Å². The van der Waals surface area contributed by atoms with Crippen LogP contribution in [0.25, 0.3) is 0 Å². The molecule has 9 heteroatoms. The second kappa shape index (κ2) is 12.7. The molecular weight excluding hydrogens is 469 g/mol. The Balaban J connectivity index is 0.00000392. The van der Waals surface area contributed by atoms with E-state index in [-0.39, 0.29) is 36.4 Å². The van der Waals surface area contributed by atoms with E-state index in [2.05, 4.69) is 37.1 Å². The fraction of sp³-hybridized carbons (Fsp3) is 0.368. The topological polar surface area (TPSA) is 96.2 Å². The van der Waals surface area contributed by atoms with E-state index in [1.165, 1.54) is 0 Å². The molecule has 2 aromatic rings. The number of carbonyl (C=O) groups excluding carboxylic acids is 1. The van der Waals surface area contributed by atoms with Crippen molar-refractivity contribution in [2.45, 2.75) is 26.8 Å². The van der Waals surface area contributed by atoms with Crippen molar-refractivity contribution in [3.63, 3.8) is 0 Å². The van der Waals surface area contributed by atoms with Crippen molar-refractivity contribution in [1.29, 1.82) is 0 Å². The van der Waals surface area contributed by atoms with Gasteiger partial charge in [-0.1, -0.05) is 18.9 Å². The fourth-order valence-corrected chi connectivity index (χ4v) is 2.41. The summed E-state index contributed by atoms with van der Waals surface area (Å²) in [5.74, 6) is 3.84. The quantitative estimate of drug-likeness (QED) is 0.224. The molecule has 0 unspecified atom stereocenters. The first-order valence-electron chi connectivity index (χ1n) is 8.91. The van der Waals surface area contributed by atoms with Crippen LogP contribution < -0.4 is 16.0 Å². The highest BCUT2D eigenvalue weighted by Gasteiger charge is 2.05. The zero-order chi connectivity index (χ0) is 19.5. The van der Waals surface area contributed by atoms with Crippen LogP contribution in [0, 0.1) is 12.3 Å². The molecule has 0 aliphatic carbocycles. The predicted molar refractivity (Wildman–Crippen MR) is 122 cm³/mol. The minimum absolute atomic E-state index is 0. The summed E-state index contributed by atoms with van der Waals surface area (Å²) in [6, 6.07) is 7.14. The Labute approximate surface area is 182 Å². The Morgan fingerprint density at radius 3 is 2.86 bits per heavy atom. The number of guanidine groups is 1. The summed E-state index contributed by atoms with van der Waals surface area (Å²) in [7, 11) is 0. The first kappa shape index (κ1) is 23.4. The van der Waals surface area contributed by atoms with Crippen molar-refractivity contribution in [2.75, 3.05) is 25.0 Å². The van der Waals surface area contributed by atoms with Crippen molar-refractivity contribution in [3.05, 3.63) is 42.0 Å². The molecule has 0 radical (unpaired) electrons. The van der Waals surface area contributed by atoms with Crippen molar-refractivity contribution < 1.29 is 4.79 Å². The summed E-state index contributed by atoms with van der Waals surface area (Å²) >= 11 is 0. The van der Waals surface area contributed by atoms with Crippen LogP contribution in [0.4, 0.5) is 5.69 Å². The summed E-state index contributed by atoms with van der Waals surface area (Å²) in [5, 5.41) is 17.1. The molecule has 1 aromatic heterocycles. The number of benzene rings is 1. The van der Waals surface area contributed by atoms with Crippen LogP contribution >= 0.6 is 24.0 Å². The van der Waals surface area contributed by atoms with Gasteiger partial charge in [0.25, 0.3) is 0 Å². The van der Waals surface area contributed by atoms with Gasteiger partial charge in [-0.15, -0.1) is 40.6 Å². The number of aromatic nitrogens is 3. The highest BCUT2D eigenvalue weighted by atomic mass is 127. The van der Waals surface area contributed by atoms with Gasteiger partial charge in [0, 0.05) is 37.3 Å². The molecule has 0 aliphatic rings. The number of amides is 1.